The SMILES string of the molecule is BrB(Br)Br.COc1cccc(Nc2c(S(=O)(=O)N3CCOCC3)cnc3ccc(Br)cc23)c1C(=O)O.O=C(O)c1c(Nc2c(S(=O)(=O)N3CCOCC3)cnc3ccc(Br)cc23)ccc(Br)c1O. The molecule has 0 aliphatic carbocycles. The predicted molar refractivity (Wildman–Crippen MR) is 280 cm³/mol. The van der Waals surface area contributed by atoms with Crippen molar-refractivity contribution in [3.05, 3.63) is 104 Å². The Morgan fingerprint density at radius 1 is 0.676 bits per heavy atom. The van der Waals surface area contributed by atoms with Gasteiger partial charge in [-0.05, 0) is 76.6 Å². The van der Waals surface area contributed by atoms with E-state index in [1.807, 2.05) is 0 Å². The molecule has 68 heavy (non-hydrogen) atoms. The van der Waals surface area contributed by atoms with Crippen molar-refractivity contribution in [1.29, 1.82) is 0 Å². The van der Waals surface area contributed by atoms with Gasteiger partial charge in [0.1, 0.15) is 32.4 Å². The molecule has 27 heteroatoms. The van der Waals surface area contributed by atoms with Crippen molar-refractivity contribution < 1.29 is 56.0 Å². The van der Waals surface area contributed by atoms with Crippen LogP contribution in [0.1, 0.15) is 20.7 Å². The molecule has 2 aliphatic heterocycles. The van der Waals surface area contributed by atoms with E-state index in [4.69, 9.17) is 14.2 Å². The summed E-state index contributed by atoms with van der Waals surface area (Å²) in [6.07, 6.45) is 2.55. The second kappa shape index (κ2) is 23.6. The number of aromatic nitrogens is 2. The maximum Gasteiger partial charge on any atom is 0.369 e. The number of pyridine rings is 2. The molecule has 0 bridgehead atoms. The van der Waals surface area contributed by atoms with Gasteiger partial charge in [0.15, 0.2) is 0 Å². The summed E-state index contributed by atoms with van der Waals surface area (Å²) in [5, 5.41) is 36.7. The fraction of sp³-hybridized carbons (Fsp3) is 0.220. The molecule has 6 aromatic rings. The lowest BCUT2D eigenvalue weighted by Gasteiger charge is -2.27. The largest absolute Gasteiger partial charge is 0.506 e. The minimum absolute atomic E-state index is 0.0316. The Balaban J connectivity index is 0.000000208. The third kappa shape index (κ3) is 12.5. The van der Waals surface area contributed by atoms with Gasteiger partial charge < -0.3 is 40.2 Å². The number of carbonyl (C=O) groups is 2. The number of benzene rings is 4. The van der Waals surface area contributed by atoms with Crippen LogP contribution in [0.4, 0.5) is 22.7 Å². The van der Waals surface area contributed by atoms with E-state index in [-0.39, 0.29) is 90.9 Å². The number of fused-ring (bicyclic) bond motifs is 2. The summed E-state index contributed by atoms with van der Waals surface area (Å²) < 4.78 is 74.2. The zero-order valence-electron chi connectivity index (χ0n) is 35.1. The third-order valence-corrected chi connectivity index (χ3v) is 15.5. The molecule has 2 aromatic heterocycles. The molecule has 2 saturated heterocycles. The fourth-order valence-corrected chi connectivity index (χ4v) is 11.1. The lowest BCUT2D eigenvalue weighted by atomic mass is 10.1. The van der Waals surface area contributed by atoms with Gasteiger partial charge in [0.2, 0.25) is 20.0 Å². The van der Waals surface area contributed by atoms with Crippen molar-refractivity contribution in [1.82, 2.24) is 18.6 Å². The van der Waals surface area contributed by atoms with Gasteiger partial charge in [-0.1, -0.05) is 37.9 Å². The Labute approximate surface area is 440 Å². The molecule has 0 amide bonds. The van der Waals surface area contributed by atoms with E-state index < -0.39 is 43.3 Å². The Kier molecular flexibility index (Phi) is 18.7. The number of sulfonamides is 2. The predicted octanol–water partition coefficient (Wildman–Crippen LogP) is 9.55. The first-order valence-corrected chi connectivity index (χ1v) is 27.7. The number of methoxy groups -OCH3 is 1. The van der Waals surface area contributed by atoms with Gasteiger partial charge in [-0.3, -0.25) is 9.97 Å². The van der Waals surface area contributed by atoms with E-state index in [1.165, 1.54) is 46.3 Å². The molecule has 8 rings (SSSR count). The van der Waals surface area contributed by atoms with Gasteiger partial charge in [0.25, 0.3) is 0 Å². The highest BCUT2D eigenvalue weighted by Crippen LogP contribution is 2.41. The quantitative estimate of drug-likeness (QED) is 0.0758. The van der Waals surface area contributed by atoms with Crippen molar-refractivity contribution >= 4 is 175 Å². The average Bonchev–Trinajstić information content (AvgIpc) is 3.30. The van der Waals surface area contributed by atoms with Gasteiger partial charge >= 0.3 is 15.1 Å². The second-order valence-electron chi connectivity index (χ2n) is 14.2. The number of aromatic hydroxyl groups is 1. The molecule has 2 fully saturated rings. The highest BCUT2D eigenvalue weighted by atomic mass is 79.9. The number of anilines is 4. The molecule has 4 heterocycles. The number of carboxylic acids is 2. The summed E-state index contributed by atoms with van der Waals surface area (Å²) in [6.45, 7) is 1.98. The second-order valence-corrected chi connectivity index (χ2v) is 27.1. The number of carboxylic acid groups (broad SMARTS) is 2. The van der Waals surface area contributed by atoms with Crippen LogP contribution in [-0.2, 0) is 29.5 Å². The molecule has 0 saturated carbocycles. The lowest BCUT2D eigenvalue weighted by molar-refractivity contribution is 0.0683. The van der Waals surface area contributed by atoms with Gasteiger partial charge in [-0.2, -0.15) is 8.61 Å². The summed E-state index contributed by atoms with van der Waals surface area (Å²) >= 11 is 19.2. The number of phenols is 1. The van der Waals surface area contributed by atoms with Crippen LogP contribution in [0.15, 0.2) is 102 Å². The van der Waals surface area contributed by atoms with E-state index >= 15 is 0 Å². The normalized spacial score (nSPS) is 14.5. The van der Waals surface area contributed by atoms with Gasteiger partial charge in [-0.25, -0.2) is 26.4 Å². The van der Waals surface area contributed by atoms with Crippen molar-refractivity contribution in [2.24, 2.45) is 0 Å². The number of ether oxygens (including phenoxy) is 3. The van der Waals surface area contributed by atoms with E-state index in [1.54, 1.807) is 48.5 Å². The minimum atomic E-state index is -3.97. The highest BCUT2D eigenvalue weighted by molar-refractivity contribution is 9.69. The minimum Gasteiger partial charge on any atom is -0.506 e. The van der Waals surface area contributed by atoms with Crippen LogP contribution in [0.5, 0.6) is 11.5 Å². The Hall–Kier alpha value is -3.48. The summed E-state index contributed by atoms with van der Waals surface area (Å²) in [5.74, 6) is -2.90. The zero-order chi connectivity index (χ0) is 49.5. The smallest absolute Gasteiger partial charge is 0.369 e. The molecular weight excluding hydrogens is 1320 g/mol. The Morgan fingerprint density at radius 3 is 1.51 bits per heavy atom. The molecule has 360 valence electrons. The maximum atomic E-state index is 13.5. The Bertz CT molecular complexity index is 3090. The lowest BCUT2D eigenvalue weighted by Crippen LogP contribution is -2.40. The first-order chi connectivity index (χ1) is 32.3. The topological polar surface area (TPSA) is 247 Å². The van der Waals surface area contributed by atoms with Crippen LogP contribution in [0.25, 0.3) is 21.8 Å². The van der Waals surface area contributed by atoms with Crippen LogP contribution in [-0.4, -0.2) is 126 Å². The molecule has 0 unspecified atom stereocenters. The van der Waals surface area contributed by atoms with Gasteiger partial charge in [0.05, 0.1) is 71.8 Å². The number of hydrogen-bond donors (Lipinski definition) is 5. The standard InChI is InChI=1S/C21H20BrN3O6S.C20H17Br2N3O6S.BBr3/c1-30-17-4-2-3-16(19(17)21(26)27)24-20-14-11-13(22)5-6-15(14)23-12-18(20)32(28,29)25-7-9-31-10-8-25;21-11-1-3-14-12(9-11)18(24-15-4-2-13(22)19(26)17(15)20(27)28)16(10-23-14)32(29,30)25-5-7-31-8-6-25;2-1(3)4/h2-6,11-12H,7-10H2,1H3,(H,23,24)(H,26,27);1-4,9-10,26H,5-8H2,(H,23,24)(H,27,28);. The van der Waals surface area contributed by atoms with Crippen LogP contribution in [0.2, 0.25) is 0 Å². The number of aromatic carboxylic acids is 2. The first kappa shape index (κ1) is 53.9. The number of rotatable bonds is 11. The number of nitrogens with one attached hydrogen (secondary N) is 2. The number of nitrogens with zero attached hydrogens (tertiary/aromatic N) is 4. The molecule has 2 aliphatic rings. The average molecular weight is 1360 g/mol. The van der Waals surface area contributed by atoms with E-state index in [0.29, 0.717) is 39.5 Å². The fourth-order valence-electron chi connectivity index (χ4n) is 6.98. The summed E-state index contributed by atoms with van der Waals surface area (Å²) in [5.41, 5.74) is 1.18. The molecular formula is C41H37BBr6N6O12S2. The first-order valence-electron chi connectivity index (χ1n) is 19.7. The third-order valence-electron chi connectivity index (χ3n) is 10.1. The van der Waals surface area contributed by atoms with E-state index in [2.05, 4.69) is 116 Å². The molecule has 4 aromatic carbocycles. The monoisotopic (exact) mass is 1350 g/mol. The van der Waals surface area contributed by atoms with E-state index in [0.717, 1.165) is 4.47 Å². The summed E-state index contributed by atoms with van der Waals surface area (Å²) in [4.78, 5) is 32.3. The van der Waals surface area contributed by atoms with Crippen molar-refractivity contribution in [3.8, 4) is 11.5 Å². The van der Waals surface area contributed by atoms with Crippen molar-refractivity contribution in [2.45, 2.75) is 9.79 Å². The van der Waals surface area contributed by atoms with Gasteiger partial charge in [-0.15, -0.1) is 47.3 Å². The maximum absolute atomic E-state index is 13.5. The van der Waals surface area contributed by atoms with Gasteiger partial charge in [0, 0.05) is 58.3 Å². The van der Waals surface area contributed by atoms with Crippen molar-refractivity contribution in [3.63, 3.8) is 0 Å². The summed E-state index contributed by atoms with van der Waals surface area (Å²) in [6, 6.07) is 18.1. The molecule has 18 nitrogen and oxygen atoms in total. The molecule has 0 spiro atoms. The van der Waals surface area contributed by atoms with Crippen LogP contribution >= 0.6 is 95.1 Å². The van der Waals surface area contributed by atoms with Crippen LogP contribution < -0.4 is 15.4 Å². The molecule has 0 radical (unpaired) electrons. The number of morpholine rings is 2. The van der Waals surface area contributed by atoms with Crippen LogP contribution in [0.3, 0.4) is 0 Å². The number of hydrogen-bond acceptors (Lipinski definition) is 14. The van der Waals surface area contributed by atoms with Crippen LogP contribution in [0, 0.1) is 0 Å². The molecule has 0 atom stereocenters. The highest BCUT2D eigenvalue weighted by Gasteiger charge is 2.33. The Morgan fingerprint density at radius 2 is 1.10 bits per heavy atom. The van der Waals surface area contributed by atoms with E-state index in [9.17, 15) is 41.7 Å². The number of halogens is 6. The van der Waals surface area contributed by atoms with Crippen molar-refractivity contribution in [2.75, 3.05) is 70.3 Å². The molecule has 5 N–H and O–H groups in total. The zero-order valence-corrected chi connectivity index (χ0v) is 46.3. The summed E-state index contributed by atoms with van der Waals surface area (Å²) in [7, 11) is -6.53.